The Bertz CT molecular complexity index is 553. The highest BCUT2D eigenvalue weighted by atomic mass is 16.6. The van der Waals surface area contributed by atoms with Gasteiger partial charge in [0.05, 0.1) is 6.42 Å². The van der Waals surface area contributed by atoms with Gasteiger partial charge in [0.1, 0.15) is 0 Å². The highest BCUT2D eigenvalue weighted by Gasteiger charge is 2.53. The Morgan fingerprint density at radius 1 is 1.33 bits per heavy atom. The number of rotatable bonds is 2. The van der Waals surface area contributed by atoms with Crippen LogP contribution in [0.2, 0.25) is 0 Å². The van der Waals surface area contributed by atoms with E-state index in [4.69, 9.17) is 0 Å². The van der Waals surface area contributed by atoms with Crippen LogP contribution in [0.1, 0.15) is 34.1 Å². The van der Waals surface area contributed by atoms with Gasteiger partial charge in [-0.25, -0.2) is 0 Å². The zero-order valence-corrected chi connectivity index (χ0v) is 9.62. The molecule has 1 aliphatic rings. The van der Waals surface area contributed by atoms with E-state index in [1.165, 1.54) is 12.1 Å². The van der Waals surface area contributed by atoms with Crippen LogP contribution < -0.4 is 0 Å². The topological polar surface area (TPSA) is 97.5 Å². The number of hydrogen-bond acceptors (Lipinski definition) is 5. The van der Waals surface area contributed by atoms with Crippen LogP contribution in [0.15, 0.2) is 24.3 Å². The van der Waals surface area contributed by atoms with Gasteiger partial charge in [-0.05, 0) is 0 Å². The van der Waals surface area contributed by atoms with E-state index in [0.717, 1.165) is 6.92 Å². The van der Waals surface area contributed by atoms with Crippen molar-refractivity contribution in [2.75, 3.05) is 0 Å². The van der Waals surface area contributed by atoms with E-state index in [1.54, 1.807) is 12.1 Å². The molecule has 1 aromatic rings. The number of Topliss-reactive ketones (excluding diaryl/α,β-unsaturated/α-hetero) is 2. The minimum absolute atomic E-state index is 0.0463. The summed E-state index contributed by atoms with van der Waals surface area (Å²) < 4.78 is 0. The van der Waals surface area contributed by atoms with Crippen LogP contribution in [-0.2, 0) is 0 Å². The third-order valence-corrected chi connectivity index (χ3v) is 3.30. The van der Waals surface area contributed by atoms with Gasteiger partial charge in [0.25, 0.3) is 0 Å². The van der Waals surface area contributed by atoms with Gasteiger partial charge in [-0.2, -0.15) is 0 Å². The highest BCUT2D eigenvalue weighted by Crippen LogP contribution is 2.32. The molecule has 0 bridgehead atoms. The first-order valence-electron chi connectivity index (χ1n) is 5.41. The molecule has 1 N–H and O–H groups in total. The van der Waals surface area contributed by atoms with Crippen molar-refractivity contribution in [1.29, 1.82) is 0 Å². The molecule has 1 aromatic carbocycles. The Hall–Kier alpha value is -2.08. The van der Waals surface area contributed by atoms with Gasteiger partial charge in [0.2, 0.25) is 17.4 Å². The van der Waals surface area contributed by atoms with Gasteiger partial charge in [-0.15, -0.1) is 0 Å². The van der Waals surface area contributed by atoms with Crippen LogP contribution in [0.5, 0.6) is 0 Å². The van der Waals surface area contributed by atoms with E-state index >= 15 is 0 Å². The monoisotopic (exact) mass is 249 g/mol. The second kappa shape index (κ2) is 3.99. The summed E-state index contributed by atoms with van der Waals surface area (Å²) >= 11 is 0. The van der Waals surface area contributed by atoms with Crippen molar-refractivity contribution >= 4 is 11.6 Å². The molecule has 0 saturated carbocycles. The maximum Gasteiger partial charge on any atom is 0.246 e. The Kier molecular flexibility index (Phi) is 2.74. The maximum absolute atomic E-state index is 12.1. The number of carbonyl (C=O) groups is 2. The molecular formula is C12H11NO5. The van der Waals surface area contributed by atoms with Crippen LogP contribution in [0.3, 0.4) is 0 Å². The molecule has 0 saturated heterocycles. The first kappa shape index (κ1) is 12.4. The molecule has 2 rings (SSSR count). The second-order valence-corrected chi connectivity index (χ2v) is 4.36. The fraction of sp³-hybridized carbons (Fsp3) is 0.333. The van der Waals surface area contributed by atoms with E-state index in [1.807, 2.05) is 0 Å². The maximum atomic E-state index is 12.1. The zero-order chi connectivity index (χ0) is 13.5. The van der Waals surface area contributed by atoms with Gasteiger partial charge < -0.3 is 5.11 Å². The van der Waals surface area contributed by atoms with E-state index in [9.17, 15) is 24.8 Å². The summed E-state index contributed by atoms with van der Waals surface area (Å²) in [6.45, 7) is 1.12. The van der Waals surface area contributed by atoms with Crippen molar-refractivity contribution in [3.05, 3.63) is 45.5 Å². The molecule has 18 heavy (non-hydrogen) atoms. The van der Waals surface area contributed by atoms with Crippen molar-refractivity contribution in [2.45, 2.75) is 25.0 Å². The van der Waals surface area contributed by atoms with Crippen molar-refractivity contribution in [2.24, 2.45) is 0 Å². The Morgan fingerprint density at radius 3 is 2.44 bits per heavy atom. The predicted molar refractivity (Wildman–Crippen MR) is 61.1 cm³/mol. The van der Waals surface area contributed by atoms with Gasteiger partial charge in [-0.3, -0.25) is 19.7 Å². The normalized spacial score (nSPS) is 24.6. The molecule has 6 nitrogen and oxygen atoms in total. The van der Waals surface area contributed by atoms with Crippen LogP contribution in [0.25, 0.3) is 0 Å². The number of nitrogens with zero attached hydrogens (tertiary/aromatic N) is 1. The number of nitro groups is 1. The number of fused-ring (bicyclic) bond motifs is 1. The predicted octanol–water partition coefficient (Wildman–Crippen LogP) is 0.852. The molecule has 0 unspecified atom stereocenters. The number of hydrogen-bond donors (Lipinski definition) is 1. The van der Waals surface area contributed by atoms with E-state index in [2.05, 4.69) is 0 Å². The average Bonchev–Trinajstić information content (AvgIpc) is 2.35. The minimum atomic E-state index is -2.26. The molecule has 0 amide bonds. The molecule has 0 fully saturated rings. The van der Waals surface area contributed by atoms with E-state index < -0.39 is 34.6 Å². The van der Waals surface area contributed by atoms with Gasteiger partial charge in [-0.1, -0.05) is 24.3 Å². The standard InChI is InChI=1S/C12H11NO5/c1-7(13(17)18)12(16)6-10(14)8-4-2-3-5-9(8)11(12)15/h2-5,7,16H,6H2,1H3/t7-,12-/m1/s1. The number of ketones is 2. The summed E-state index contributed by atoms with van der Waals surface area (Å²) in [4.78, 5) is 34.0. The van der Waals surface area contributed by atoms with Crippen molar-refractivity contribution in [3.8, 4) is 0 Å². The Balaban J connectivity index is 2.55. The largest absolute Gasteiger partial charge is 0.375 e. The quantitative estimate of drug-likeness (QED) is 0.619. The lowest BCUT2D eigenvalue weighted by Gasteiger charge is -2.31. The van der Waals surface area contributed by atoms with Crippen molar-refractivity contribution in [3.63, 3.8) is 0 Å². The second-order valence-electron chi connectivity index (χ2n) is 4.36. The molecule has 2 atom stereocenters. The lowest BCUT2D eigenvalue weighted by atomic mass is 9.75. The van der Waals surface area contributed by atoms with Crippen LogP contribution >= 0.6 is 0 Å². The summed E-state index contributed by atoms with van der Waals surface area (Å²) in [5.74, 6) is -1.22. The molecule has 94 valence electrons. The van der Waals surface area contributed by atoms with E-state index in [0.29, 0.717) is 0 Å². The Morgan fingerprint density at radius 2 is 1.89 bits per heavy atom. The third kappa shape index (κ3) is 1.62. The zero-order valence-electron chi connectivity index (χ0n) is 9.62. The fourth-order valence-corrected chi connectivity index (χ4v) is 2.09. The molecule has 0 aromatic heterocycles. The average molecular weight is 249 g/mol. The lowest BCUT2D eigenvalue weighted by Crippen LogP contribution is -2.55. The molecule has 6 heteroatoms. The summed E-state index contributed by atoms with van der Waals surface area (Å²) in [5, 5.41) is 20.9. The van der Waals surface area contributed by atoms with Crippen molar-refractivity contribution < 1.29 is 19.6 Å². The lowest BCUT2D eigenvalue weighted by molar-refractivity contribution is -0.535. The molecule has 0 aliphatic heterocycles. The highest BCUT2D eigenvalue weighted by molar-refractivity contribution is 6.18. The van der Waals surface area contributed by atoms with Crippen LogP contribution in [-0.4, -0.2) is 33.2 Å². The van der Waals surface area contributed by atoms with Gasteiger partial charge >= 0.3 is 0 Å². The van der Waals surface area contributed by atoms with Crippen LogP contribution in [0.4, 0.5) is 0 Å². The molecule has 0 heterocycles. The SMILES string of the molecule is C[C@@H]([N+](=O)[O-])[C@]1(O)CC(=O)c2ccccc2C1=O. The summed E-state index contributed by atoms with van der Waals surface area (Å²) in [6.07, 6.45) is -0.551. The minimum Gasteiger partial charge on any atom is -0.375 e. The molecule has 0 radical (unpaired) electrons. The van der Waals surface area contributed by atoms with Crippen molar-refractivity contribution in [1.82, 2.24) is 0 Å². The van der Waals surface area contributed by atoms with Crippen LogP contribution in [0, 0.1) is 10.1 Å². The Labute approximate surface area is 102 Å². The summed E-state index contributed by atoms with van der Waals surface area (Å²) in [5.41, 5.74) is -2.00. The number of aliphatic hydroxyl groups is 1. The number of benzene rings is 1. The summed E-state index contributed by atoms with van der Waals surface area (Å²) in [7, 11) is 0. The van der Waals surface area contributed by atoms with Gasteiger partial charge in [0.15, 0.2) is 5.78 Å². The first-order valence-corrected chi connectivity index (χ1v) is 5.41. The smallest absolute Gasteiger partial charge is 0.246 e. The molecule has 0 spiro atoms. The number of carbonyl (C=O) groups excluding carboxylic acids is 2. The fourth-order valence-electron chi connectivity index (χ4n) is 2.09. The first-order chi connectivity index (χ1) is 8.38. The molecular weight excluding hydrogens is 238 g/mol. The summed E-state index contributed by atoms with van der Waals surface area (Å²) in [6, 6.07) is 4.50. The molecule has 1 aliphatic carbocycles. The van der Waals surface area contributed by atoms with Gasteiger partial charge in [0, 0.05) is 23.0 Å². The van der Waals surface area contributed by atoms with E-state index in [-0.39, 0.29) is 11.1 Å². The third-order valence-electron chi connectivity index (χ3n) is 3.30.